The van der Waals surface area contributed by atoms with Crippen molar-refractivity contribution in [1.82, 2.24) is 0 Å². The first-order valence-corrected chi connectivity index (χ1v) is 6.87. The van der Waals surface area contributed by atoms with E-state index in [9.17, 15) is 14.7 Å². The number of rotatable bonds is 2. The van der Waals surface area contributed by atoms with Gasteiger partial charge in [0.15, 0.2) is 0 Å². The van der Waals surface area contributed by atoms with E-state index in [1.54, 1.807) is 6.07 Å². The van der Waals surface area contributed by atoms with Crippen LogP contribution in [0.5, 0.6) is 0 Å². The minimum atomic E-state index is -0.972. The molecule has 0 spiro atoms. The molecule has 0 radical (unpaired) electrons. The van der Waals surface area contributed by atoms with Crippen LogP contribution in [0.1, 0.15) is 25.3 Å². The lowest BCUT2D eigenvalue weighted by Gasteiger charge is -2.25. The SMILES string of the molecule is CC1CCC(C(=O)N2c3ccccc3C[C@H]2C(=O)O)O1. The Morgan fingerprint density at radius 1 is 1.30 bits per heavy atom. The average molecular weight is 275 g/mol. The number of hydrogen-bond acceptors (Lipinski definition) is 3. The highest BCUT2D eigenvalue weighted by Gasteiger charge is 2.42. The molecule has 2 aliphatic heterocycles. The monoisotopic (exact) mass is 275 g/mol. The molecule has 1 aromatic rings. The van der Waals surface area contributed by atoms with Gasteiger partial charge in [-0.2, -0.15) is 0 Å². The van der Waals surface area contributed by atoms with Crippen molar-refractivity contribution in [2.24, 2.45) is 0 Å². The molecule has 0 bridgehead atoms. The van der Waals surface area contributed by atoms with E-state index in [0.29, 0.717) is 18.5 Å². The van der Waals surface area contributed by atoms with Gasteiger partial charge in [-0.05, 0) is 31.4 Å². The van der Waals surface area contributed by atoms with Crippen LogP contribution in [0.25, 0.3) is 0 Å². The van der Waals surface area contributed by atoms with Crippen LogP contribution in [0.4, 0.5) is 5.69 Å². The van der Waals surface area contributed by atoms with E-state index in [1.165, 1.54) is 4.90 Å². The second-order valence-electron chi connectivity index (χ2n) is 5.41. The van der Waals surface area contributed by atoms with Crippen molar-refractivity contribution in [3.63, 3.8) is 0 Å². The fraction of sp³-hybridized carbons (Fsp3) is 0.467. The van der Waals surface area contributed by atoms with Gasteiger partial charge in [0, 0.05) is 12.1 Å². The first-order valence-electron chi connectivity index (χ1n) is 6.87. The summed E-state index contributed by atoms with van der Waals surface area (Å²) < 4.78 is 5.59. The van der Waals surface area contributed by atoms with Gasteiger partial charge in [-0.15, -0.1) is 0 Å². The maximum Gasteiger partial charge on any atom is 0.327 e. The maximum absolute atomic E-state index is 12.6. The summed E-state index contributed by atoms with van der Waals surface area (Å²) in [5, 5.41) is 9.36. The van der Waals surface area contributed by atoms with Gasteiger partial charge in [0.25, 0.3) is 5.91 Å². The van der Waals surface area contributed by atoms with Crippen LogP contribution in [-0.4, -0.2) is 35.2 Å². The molecule has 2 heterocycles. The predicted molar refractivity (Wildman–Crippen MR) is 72.6 cm³/mol. The van der Waals surface area contributed by atoms with Gasteiger partial charge in [0.05, 0.1) is 6.10 Å². The summed E-state index contributed by atoms with van der Waals surface area (Å²) in [6.07, 6.45) is 1.40. The van der Waals surface area contributed by atoms with E-state index in [1.807, 2.05) is 25.1 Å². The zero-order chi connectivity index (χ0) is 14.3. The Morgan fingerprint density at radius 2 is 2.05 bits per heavy atom. The molecule has 0 aromatic heterocycles. The van der Waals surface area contributed by atoms with E-state index < -0.39 is 18.1 Å². The van der Waals surface area contributed by atoms with Crippen molar-refractivity contribution in [2.45, 2.75) is 44.4 Å². The van der Waals surface area contributed by atoms with E-state index in [-0.39, 0.29) is 12.0 Å². The lowest BCUT2D eigenvalue weighted by atomic mass is 10.1. The lowest BCUT2D eigenvalue weighted by Crippen LogP contribution is -2.47. The normalized spacial score (nSPS) is 28.4. The third-order valence-electron chi connectivity index (χ3n) is 4.01. The molecule has 1 N–H and O–H groups in total. The number of amides is 1. The number of carbonyl (C=O) groups excluding carboxylic acids is 1. The molecule has 5 heteroatoms. The molecule has 1 fully saturated rings. The van der Waals surface area contributed by atoms with Gasteiger partial charge in [0.2, 0.25) is 0 Å². The molecule has 20 heavy (non-hydrogen) atoms. The number of hydrogen-bond donors (Lipinski definition) is 1. The van der Waals surface area contributed by atoms with Crippen LogP contribution in [0, 0.1) is 0 Å². The van der Waals surface area contributed by atoms with E-state index in [0.717, 1.165) is 12.0 Å². The molecule has 5 nitrogen and oxygen atoms in total. The second-order valence-corrected chi connectivity index (χ2v) is 5.41. The molecular weight excluding hydrogens is 258 g/mol. The molecule has 1 amide bonds. The van der Waals surface area contributed by atoms with E-state index in [2.05, 4.69) is 0 Å². The van der Waals surface area contributed by atoms with Crippen LogP contribution in [0.3, 0.4) is 0 Å². The molecule has 3 rings (SSSR count). The average Bonchev–Trinajstić information content (AvgIpc) is 3.01. The third kappa shape index (κ3) is 2.08. The number of anilines is 1. The lowest BCUT2D eigenvalue weighted by molar-refractivity contribution is -0.141. The number of nitrogens with zero attached hydrogens (tertiary/aromatic N) is 1. The van der Waals surface area contributed by atoms with Crippen LogP contribution in [0.15, 0.2) is 24.3 Å². The van der Waals surface area contributed by atoms with E-state index >= 15 is 0 Å². The fourth-order valence-electron chi connectivity index (χ4n) is 3.00. The standard InChI is InChI=1S/C15H17NO4/c1-9-6-7-13(20-9)14(17)16-11-5-3-2-4-10(11)8-12(16)15(18)19/h2-5,9,12-13H,6-8H2,1H3,(H,18,19)/t9?,12-,13?/m0/s1. The van der Waals surface area contributed by atoms with Gasteiger partial charge >= 0.3 is 5.97 Å². The minimum absolute atomic E-state index is 0.0603. The molecule has 2 aliphatic rings. The highest BCUT2D eigenvalue weighted by atomic mass is 16.5. The summed E-state index contributed by atoms with van der Waals surface area (Å²) in [7, 11) is 0. The Labute approximate surface area is 117 Å². The number of benzene rings is 1. The summed E-state index contributed by atoms with van der Waals surface area (Å²) in [5.74, 6) is -1.20. The largest absolute Gasteiger partial charge is 0.480 e. The van der Waals surface area contributed by atoms with Crippen molar-refractivity contribution in [3.8, 4) is 0 Å². The minimum Gasteiger partial charge on any atom is -0.480 e. The van der Waals surface area contributed by atoms with Crippen molar-refractivity contribution in [1.29, 1.82) is 0 Å². The number of aliphatic carboxylic acids is 1. The molecule has 1 aromatic carbocycles. The van der Waals surface area contributed by atoms with Crippen LogP contribution in [-0.2, 0) is 20.7 Å². The summed E-state index contributed by atoms with van der Waals surface area (Å²) in [6.45, 7) is 1.93. The first-order chi connectivity index (χ1) is 9.58. The molecular formula is C15H17NO4. The van der Waals surface area contributed by atoms with Gasteiger partial charge in [0.1, 0.15) is 12.1 Å². The first kappa shape index (κ1) is 13.1. The number of ether oxygens (including phenoxy) is 1. The summed E-state index contributed by atoms with van der Waals surface area (Å²) >= 11 is 0. The predicted octanol–water partition coefficient (Wildman–Crippen LogP) is 1.60. The maximum atomic E-state index is 12.6. The Morgan fingerprint density at radius 3 is 2.70 bits per heavy atom. The zero-order valence-electron chi connectivity index (χ0n) is 11.3. The molecule has 106 valence electrons. The Bertz CT molecular complexity index is 557. The molecule has 0 saturated carbocycles. The van der Waals surface area contributed by atoms with Crippen molar-refractivity contribution < 1.29 is 19.4 Å². The van der Waals surface area contributed by atoms with Crippen molar-refractivity contribution in [2.75, 3.05) is 4.90 Å². The Hall–Kier alpha value is -1.88. The summed E-state index contributed by atoms with van der Waals surface area (Å²) in [5.41, 5.74) is 1.60. The highest BCUT2D eigenvalue weighted by molar-refractivity contribution is 6.04. The third-order valence-corrected chi connectivity index (χ3v) is 4.01. The molecule has 2 unspecified atom stereocenters. The fourth-order valence-corrected chi connectivity index (χ4v) is 3.00. The molecule has 0 aliphatic carbocycles. The summed E-state index contributed by atoms with van der Waals surface area (Å²) in [4.78, 5) is 25.4. The van der Waals surface area contributed by atoms with Gasteiger partial charge in [-0.1, -0.05) is 18.2 Å². The summed E-state index contributed by atoms with van der Waals surface area (Å²) in [6, 6.07) is 6.53. The highest BCUT2D eigenvalue weighted by Crippen LogP contribution is 2.34. The van der Waals surface area contributed by atoms with Crippen LogP contribution in [0.2, 0.25) is 0 Å². The smallest absolute Gasteiger partial charge is 0.327 e. The molecule has 3 atom stereocenters. The Kier molecular flexibility index (Phi) is 3.22. The number of carbonyl (C=O) groups is 2. The van der Waals surface area contributed by atoms with Gasteiger partial charge in [-0.3, -0.25) is 9.69 Å². The Balaban J connectivity index is 1.92. The number of fused-ring (bicyclic) bond motifs is 1. The van der Waals surface area contributed by atoms with Gasteiger partial charge < -0.3 is 9.84 Å². The van der Waals surface area contributed by atoms with Crippen LogP contribution >= 0.6 is 0 Å². The number of carboxylic acids is 1. The zero-order valence-corrected chi connectivity index (χ0v) is 11.3. The number of para-hydroxylation sites is 1. The second kappa shape index (κ2) is 4.90. The topological polar surface area (TPSA) is 66.8 Å². The van der Waals surface area contributed by atoms with E-state index in [4.69, 9.17) is 4.74 Å². The van der Waals surface area contributed by atoms with Gasteiger partial charge in [-0.25, -0.2) is 4.79 Å². The quantitative estimate of drug-likeness (QED) is 0.890. The van der Waals surface area contributed by atoms with Crippen molar-refractivity contribution in [3.05, 3.63) is 29.8 Å². The molecule has 1 saturated heterocycles. The van der Waals surface area contributed by atoms with Crippen LogP contribution < -0.4 is 4.90 Å². The van der Waals surface area contributed by atoms with Crippen molar-refractivity contribution >= 4 is 17.6 Å². The number of carboxylic acid groups (broad SMARTS) is 1.